The molecule has 2 aromatic rings. The van der Waals surface area contributed by atoms with Crippen molar-refractivity contribution >= 4 is 17.7 Å². The van der Waals surface area contributed by atoms with E-state index in [0.717, 1.165) is 44.0 Å². The van der Waals surface area contributed by atoms with Gasteiger partial charge in [-0.15, -0.1) is 0 Å². The average molecular weight is 286 g/mol. The van der Waals surface area contributed by atoms with Crippen molar-refractivity contribution in [3.63, 3.8) is 0 Å². The molecule has 21 heavy (non-hydrogen) atoms. The first-order valence-corrected chi connectivity index (χ1v) is 7.19. The van der Waals surface area contributed by atoms with Crippen LogP contribution in [0, 0.1) is 0 Å². The Hall–Kier alpha value is -2.44. The second-order valence-corrected chi connectivity index (χ2v) is 4.95. The molecule has 3 heterocycles. The van der Waals surface area contributed by atoms with E-state index in [9.17, 15) is 4.79 Å². The minimum atomic E-state index is -0.216. The molecule has 0 bridgehead atoms. The Morgan fingerprint density at radius 3 is 2.81 bits per heavy atom. The zero-order valence-electron chi connectivity index (χ0n) is 12.0. The lowest BCUT2D eigenvalue weighted by Crippen LogP contribution is -2.18. The van der Waals surface area contributed by atoms with E-state index in [-0.39, 0.29) is 5.91 Å². The summed E-state index contributed by atoms with van der Waals surface area (Å²) in [5.74, 6) is 2.09. The lowest BCUT2D eigenvalue weighted by Gasteiger charge is -2.16. The molecule has 2 aromatic heterocycles. The number of aryl methyl sites for hydroxylation is 1. The van der Waals surface area contributed by atoms with Gasteiger partial charge in [0.2, 0.25) is 5.95 Å². The highest BCUT2D eigenvalue weighted by Gasteiger charge is 2.16. The predicted octanol–water partition coefficient (Wildman–Crippen LogP) is 1.69. The van der Waals surface area contributed by atoms with Crippen LogP contribution in [0.3, 0.4) is 0 Å². The quantitative estimate of drug-likeness (QED) is 0.893. The summed E-state index contributed by atoms with van der Waals surface area (Å²) in [4.78, 5) is 24.8. The summed E-state index contributed by atoms with van der Waals surface area (Å²) in [5, 5.41) is 5.87. The number of hydrogen-bond donors (Lipinski definition) is 2. The zero-order chi connectivity index (χ0) is 14.7. The molecule has 110 valence electrons. The van der Waals surface area contributed by atoms with Crippen LogP contribution in [0.15, 0.2) is 18.6 Å². The van der Waals surface area contributed by atoms with Gasteiger partial charge in [0.1, 0.15) is 11.6 Å². The number of fused-ring (bicyclic) bond motifs is 1. The van der Waals surface area contributed by atoms with E-state index >= 15 is 0 Å². The molecule has 0 spiro atoms. The van der Waals surface area contributed by atoms with Crippen molar-refractivity contribution in [2.24, 2.45) is 0 Å². The van der Waals surface area contributed by atoms with Crippen molar-refractivity contribution in [1.82, 2.24) is 19.5 Å². The van der Waals surface area contributed by atoms with Crippen molar-refractivity contribution in [3.8, 4) is 0 Å². The summed E-state index contributed by atoms with van der Waals surface area (Å²) in [6, 6.07) is 0. The van der Waals surface area contributed by atoms with Gasteiger partial charge in [0.25, 0.3) is 5.91 Å². The minimum absolute atomic E-state index is 0.216. The molecule has 1 amide bonds. The summed E-state index contributed by atoms with van der Waals surface area (Å²) in [6.45, 7) is 3.61. The lowest BCUT2D eigenvalue weighted by molar-refractivity contribution is 0.102. The third-order valence-corrected chi connectivity index (χ3v) is 3.46. The van der Waals surface area contributed by atoms with E-state index in [1.807, 2.05) is 6.92 Å². The zero-order valence-corrected chi connectivity index (χ0v) is 12.0. The normalized spacial score (nSPS) is 13.6. The molecule has 1 aliphatic heterocycles. The highest BCUT2D eigenvalue weighted by molar-refractivity contribution is 6.03. The van der Waals surface area contributed by atoms with Crippen LogP contribution in [0.2, 0.25) is 0 Å². The van der Waals surface area contributed by atoms with Crippen molar-refractivity contribution in [2.75, 3.05) is 17.2 Å². The highest BCUT2D eigenvalue weighted by atomic mass is 16.1. The van der Waals surface area contributed by atoms with E-state index in [4.69, 9.17) is 0 Å². The average Bonchev–Trinajstić information content (AvgIpc) is 2.92. The Kier molecular flexibility index (Phi) is 3.81. The number of hydrogen-bond acceptors (Lipinski definition) is 5. The highest BCUT2D eigenvalue weighted by Crippen LogP contribution is 2.20. The molecule has 2 N–H and O–H groups in total. The first-order valence-electron chi connectivity index (χ1n) is 7.19. The van der Waals surface area contributed by atoms with Crippen LogP contribution in [0.1, 0.15) is 35.9 Å². The third kappa shape index (κ3) is 2.86. The number of nitrogens with one attached hydrogen (secondary N) is 2. The number of carbonyl (C=O) groups excluding carboxylic acids is 1. The summed E-state index contributed by atoms with van der Waals surface area (Å²) < 4.78 is 2.06. The summed E-state index contributed by atoms with van der Waals surface area (Å²) in [6.07, 6.45) is 8.00. The van der Waals surface area contributed by atoms with E-state index in [1.165, 1.54) is 12.4 Å². The third-order valence-electron chi connectivity index (χ3n) is 3.46. The predicted molar refractivity (Wildman–Crippen MR) is 79.3 cm³/mol. The molecule has 0 radical (unpaired) electrons. The van der Waals surface area contributed by atoms with Gasteiger partial charge in [-0.25, -0.2) is 15.0 Å². The molecule has 1 aliphatic rings. The lowest BCUT2D eigenvalue weighted by atomic mass is 10.2. The molecule has 0 aromatic carbocycles. The summed E-state index contributed by atoms with van der Waals surface area (Å²) in [5.41, 5.74) is 0.433. The van der Waals surface area contributed by atoms with Gasteiger partial charge in [-0.1, -0.05) is 0 Å². The van der Waals surface area contributed by atoms with Gasteiger partial charge >= 0.3 is 0 Å². The smallest absolute Gasteiger partial charge is 0.259 e. The Morgan fingerprint density at radius 1 is 1.24 bits per heavy atom. The first-order chi connectivity index (χ1) is 10.3. The van der Waals surface area contributed by atoms with Crippen LogP contribution in [0.25, 0.3) is 0 Å². The topological polar surface area (TPSA) is 84.7 Å². The van der Waals surface area contributed by atoms with Crippen LogP contribution in [0.5, 0.6) is 0 Å². The Bertz CT molecular complexity index is 633. The Labute approximate surface area is 122 Å². The van der Waals surface area contributed by atoms with Crippen LogP contribution in [0.4, 0.5) is 11.8 Å². The van der Waals surface area contributed by atoms with Gasteiger partial charge in [0.05, 0.1) is 11.8 Å². The SMILES string of the molecule is CCNc1ncc(C(=O)Nc2cnc3n2CCCC3)cn1. The van der Waals surface area contributed by atoms with Crippen molar-refractivity contribution in [3.05, 3.63) is 30.0 Å². The number of aromatic nitrogens is 4. The van der Waals surface area contributed by atoms with Crippen molar-refractivity contribution in [1.29, 1.82) is 0 Å². The molecule has 0 atom stereocenters. The monoisotopic (exact) mass is 286 g/mol. The minimum Gasteiger partial charge on any atom is -0.355 e. The molecule has 0 aliphatic carbocycles. The maximum atomic E-state index is 12.2. The fraction of sp³-hybridized carbons (Fsp3) is 0.429. The van der Waals surface area contributed by atoms with Crippen LogP contribution in [-0.4, -0.2) is 32.0 Å². The second kappa shape index (κ2) is 5.90. The van der Waals surface area contributed by atoms with Crippen LogP contribution < -0.4 is 10.6 Å². The van der Waals surface area contributed by atoms with Crippen molar-refractivity contribution < 1.29 is 4.79 Å². The second-order valence-electron chi connectivity index (χ2n) is 4.95. The molecule has 7 heteroatoms. The molecule has 0 saturated carbocycles. The first kappa shape index (κ1) is 13.5. The number of amides is 1. The van der Waals surface area contributed by atoms with Crippen LogP contribution in [-0.2, 0) is 13.0 Å². The van der Waals surface area contributed by atoms with E-state index in [2.05, 4.69) is 30.2 Å². The molecular formula is C14H18N6O. The summed E-state index contributed by atoms with van der Waals surface area (Å²) in [7, 11) is 0. The van der Waals surface area contributed by atoms with Gasteiger partial charge in [0.15, 0.2) is 0 Å². The molecule has 7 nitrogen and oxygen atoms in total. The molecular weight excluding hydrogens is 268 g/mol. The standard InChI is InChI=1S/C14H18N6O/c1-2-15-14-17-7-10(8-18-14)13(21)19-12-9-16-11-5-3-4-6-20(11)12/h7-9H,2-6H2,1H3,(H,19,21)(H,15,17,18). The number of rotatable bonds is 4. The van der Waals surface area contributed by atoms with Gasteiger partial charge in [-0.05, 0) is 19.8 Å². The maximum Gasteiger partial charge on any atom is 0.259 e. The number of nitrogens with zero attached hydrogens (tertiary/aromatic N) is 4. The van der Waals surface area contributed by atoms with E-state index in [0.29, 0.717) is 11.5 Å². The largest absolute Gasteiger partial charge is 0.355 e. The van der Waals surface area contributed by atoms with Gasteiger partial charge < -0.3 is 15.2 Å². The van der Waals surface area contributed by atoms with Crippen molar-refractivity contribution in [2.45, 2.75) is 32.7 Å². The maximum absolute atomic E-state index is 12.2. The van der Waals surface area contributed by atoms with Crippen LogP contribution >= 0.6 is 0 Å². The molecule has 3 rings (SSSR count). The molecule has 0 saturated heterocycles. The Balaban J connectivity index is 1.72. The molecule has 0 fully saturated rings. The molecule has 0 unspecified atom stereocenters. The number of imidazole rings is 1. The fourth-order valence-corrected chi connectivity index (χ4v) is 2.40. The van der Waals surface area contributed by atoms with E-state index in [1.54, 1.807) is 6.20 Å². The van der Waals surface area contributed by atoms with Gasteiger partial charge in [-0.2, -0.15) is 0 Å². The number of anilines is 2. The fourth-order valence-electron chi connectivity index (χ4n) is 2.40. The number of carbonyl (C=O) groups is 1. The Morgan fingerprint density at radius 2 is 2.05 bits per heavy atom. The van der Waals surface area contributed by atoms with Gasteiger partial charge in [0, 0.05) is 31.9 Å². The summed E-state index contributed by atoms with van der Waals surface area (Å²) >= 11 is 0. The van der Waals surface area contributed by atoms with Gasteiger partial charge in [-0.3, -0.25) is 4.79 Å². The van der Waals surface area contributed by atoms with E-state index < -0.39 is 0 Å².